The average molecular weight is 340 g/mol. The van der Waals surface area contributed by atoms with Crippen LogP contribution in [0.4, 0.5) is 15.8 Å². The van der Waals surface area contributed by atoms with E-state index in [0.29, 0.717) is 5.56 Å². The number of methoxy groups -OCH3 is 1. The number of nitro benzene ring substituents is 1. The molecule has 0 aromatic heterocycles. The molecule has 0 fully saturated rings. The topological polar surface area (TPSA) is 98.5 Å². The number of benzene rings is 2. The van der Waals surface area contributed by atoms with Crippen LogP contribution in [0.15, 0.2) is 41.3 Å². The maximum absolute atomic E-state index is 13.5. The van der Waals surface area contributed by atoms with Crippen molar-refractivity contribution in [1.82, 2.24) is 0 Å². The summed E-state index contributed by atoms with van der Waals surface area (Å²) in [6.07, 6.45) is 0. The highest BCUT2D eigenvalue weighted by atomic mass is 32.2. The second-order valence-corrected chi connectivity index (χ2v) is 6.31. The van der Waals surface area contributed by atoms with Crippen LogP contribution in [0.3, 0.4) is 0 Å². The van der Waals surface area contributed by atoms with E-state index in [1.54, 1.807) is 0 Å². The van der Waals surface area contributed by atoms with E-state index in [2.05, 4.69) is 4.72 Å². The molecule has 0 aliphatic carbocycles. The number of halogens is 1. The zero-order valence-electron chi connectivity index (χ0n) is 12.2. The van der Waals surface area contributed by atoms with Crippen LogP contribution in [-0.4, -0.2) is 20.5 Å². The predicted octanol–water partition coefficient (Wildman–Crippen LogP) is 2.85. The Morgan fingerprint density at radius 1 is 1.22 bits per heavy atom. The summed E-state index contributed by atoms with van der Waals surface area (Å²) >= 11 is 0. The fourth-order valence-corrected chi connectivity index (χ4v) is 3.09. The van der Waals surface area contributed by atoms with Crippen LogP contribution in [0, 0.1) is 22.9 Å². The molecule has 9 heteroatoms. The first-order valence-electron chi connectivity index (χ1n) is 6.36. The second kappa shape index (κ2) is 6.21. The molecule has 0 unspecified atom stereocenters. The van der Waals surface area contributed by atoms with Crippen molar-refractivity contribution in [2.75, 3.05) is 11.8 Å². The van der Waals surface area contributed by atoms with E-state index in [4.69, 9.17) is 4.74 Å². The van der Waals surface area contributed by atoms with Gasteiger partial charge in [0.25, 0.3) is 15.7 Å². The Hall–Kier alpha value is -2.68. The van der Waals surface area contributed by atoms with Gasteiger partial charge in [0, 0.05) is 12.1 Å². The van der Waals surface area contributed by atoms with E-state index < -0.39 is 31.3 Å². The SMILES string of the molecule is COc1ccc([N+](=O)[O-])cc1S(=O)(=O)Nc1ccc(C)c(F)c1. The molecule has 0 aliphatic rings. The van der Waals surface area contributed by atoms with Crippen molar-refractivity contribution in [2.45, 2.75) is 11.8 Å². The lowest BCUT2D eigenvalue weighted by Crippen LogP contribution is -2.14. The van der Waals surface area contributed by atoms with Gasteiger partial charge >= 0.3 is 0 Å². The maximum Gasteiger partial charge on any atom is 0.271 e. The van der Waals surface area contributed by atoms with E-state index in [-0.39, 0.29) is 11.4 Å². The molecular weight excluding hydrogens is 327 g/mol. The van der Waals surface area contributed by atoms with Crippen molar-refractivity contribution >= 4 is 21.4 Å². The van der Waals surface area contributed by atoms with Crippen molar-refractivity contribution in [3.8, 4) is 5.75 Å². The molecule has 0 atom stereocenters. The van der Waals surface area contributed by atoms with Crippen molar-refractivity contribution in [2.24, 2.45) is 0 Å². The Labute approximate surface area is 131 Å². The van der Waals surface area contributed by atoms with E-state index in [1.165, 1.54) is 32.2 Å². The number of ether oxygens (including phenoxy) is 1. The Balaban J connectivity index is 2.47. The van der Waals surface area contributed by atoms with Crippen LogP contribution in [0.2, 0.25) is 0 Å². The minimum atomic E-state index is -4.19. The summed E-state index contributed by atoms with van der Waals surface area (Å²) in [7, 11) is -2.95. The molecule has 0 aliphatic heterocycles. The number of anilines is 1. The number of aryl methyl sites for hydroxylation is 1. The summed E-state index contributed by atoms with van der Waals surface area (Å²) in [6, 6.07) is 7.02. The molecule has 7 nitrogen and oxygen atoms in total. The number of hydrogen-bond acceptors (Lipinski definition) is 5. The van der Waals surface area contributed by atoms with E-state index in [9.17, 15) is 22.9 Å². The van der Waals surface area contributed by atoms with Crippen LogP contribution in [-0.2, 0) is 10.0 Å². The van der Waals surface area contributed by atoms with Crippen molar-refractivity contribution in [3.63, 3.8) is 0 Å². The van der Waals surface area contributed by atoms with Crippen LogP contribution < -0.4 is 9.46 Å². The average Bonchev–Trinajstić information content (AvgIpc) is 2.50. The Bertz CT molecular complexity index is 867. The third-order valence-electron chi connectivity index (χ3n) is 3.07. The zero-order valence-corrected chi connectivity index (χ0v) is 13.1. The van der Waals surface area contributed by atoms with Crippen molar-refractivity contribution in [1.29, 1.82) is 0 Å². The fourth-order valence-electron chi connectivity index (χ4n) is 1.86. The summed E-state index contributed by atoms with van der Waals surface area (Å²) in [5, 5.41) is 10.8. The lowest BCUT2D eigenvalue weighted by Gasteiger charge is -2.12. The molecule has 0 heterocycles. The van der Waals surface area contributed by atoms with E-state index in [1.807, 2.05) is 0 Å². The number of nitrogens with zero attached hydrogens (tertiary/aromatic N) is 1. The van der Waals surface area contributed by atoms with Crippen LogP contribution in [0.25, 0.3) is 0 Å². The molecule has 2 aromatic carbocycles. The Morgan fingerprint density at radius 3 is 2.48 bits per heavy atom. The largest absolute Gasteiger partial charge is 0.495 e. The minimum absolute atomic E-state index is 0.00154. The maximum atomic E-state index is 13.5. The van der Waals surface area contributed by atoms with Gasteiger partial charge in [-0.3, -0.25) is 14.8 Å². The van der Waals surface area contributed by atoms with Gasteiger partial charge < -0.3 is 4.74 Å². The Kier molecular flexibility index (Phi) is 4.50. The molecule has 0 amide bonds. The molecule has 2 rings (SSSR count). The van der Waals surface area contributed by atoms with E-state index in [0.717, 1.165) is 18.2 Å². The highest BCUT2D eigenvalue weighted by molar-refractivity contribution is 7.92. The smallest absolute Gasteiger partial charge is 0.271 e. The normalized spacial score (nSPS) is 11.1. The van der Waals surface area contributed by atoms with Crippen LogP contribution in [0.1, 0.15) is 5.56 Å². The fraction of sp³-hybridized carbons (Fsp3) is 0.143. The first kappa shape index (κ1) is 16.7. The molecular formula is C14H13FN2O5S. The van der Waals surface area contributed by atoms with Gasteiger partial charge in [-0.05, 0) is 30.7 Å². The number of nitrogens with one attached hydrogen (secondary N) is 1. The quantitative estimate of drug-likeness (QED) is 0.666. The zero-order chi connectivity index (χ0) is 17.2. The lowest BCUT2D eigenvalue weighted by molar-refractivity contribution is -0.385. The summed E-state index contributed by atoms with van der Waals surface area (Å²) in [6.45, 7) is 1.54. The Morgan fingerprint density at radius 2 is 1.91 bits per heavy atom. The lowest BCUT2D eigenvalue weighted by atomic mass is 10.2. The molecule has 23 heavy (non-hydrogen) atoms. The summed E-state index contributed by atoms with van der Waals surface area (Å²) in [5.41, 5.74) is -0.0381. The molecule has 0 radical (unpaired) electrons. The number of sulfonamides is 1. The third-order valence-corrected chi connectivity index (χ3v) is 4.47. The van der Waals surface area contributed by atoms with Gasteiger partial charge in [-0.1, -0.05) is 6.07 Å². The molecule has 0 saturated heterocycles. The minimum Gasteiger partial charge on any atom is -0.495 e. The van der Waals surface area contributed by atoms with Gasteiger partial charge in [-0.15, -0.1) is 0 Å². The standard InChI is InChI=1S/C14H13FN2O5S/c1-9-3-4-10(7-12(9)15)16-23(20,21)14-8-11(17(18)19)5-6-13(14)22-2/h3-8,16H,1-2H3. The van der Waals surface area contributed by atoms with Gasteiger partial charge in [-0.2, -0.15) is 0 Å². The summed E-state index contributed by atoms with van der Waals surface area (Å²) in [4.78, 5) is 9.69. The van der Waals surface area contributed by atoms with Gasteiger partial charge in [0.1, 0.15) is 16.5 Å². The molecule has 2 aromatic rings. The first-order chi connectivity index (χ1) is 10.7. The summed E-state index contributed by atoms with van der Waals surface area (Å²) < 4.78 is 45.5. The molecule has 122 valence electrons. The second-order valence-electron chi connectivity index (χ2n) is 4.66. The predicted molar refractivity (Wildman–Crippen MR) is 81.6 cm³/mol. The van der Waals surface area contributed by atoms with E-state index >= 15 is 0 Å². The number of non-ortho nitro benzene ring substituents is 1. The van der Waals surface area contributed by atoms with Crippen LogP contribution >= 0.6 is 0 Å². The van der Waals surface area contributed by atoms with Crippen LogP contribution in [0.5, 0.6) is 5.75 Å². The van der Waals surface area contributed by atoms with Gasteiger partial charge in [-0.25, -0.2) is 12.8 Å². The van der Waals surface area contributed by atoms with Gasteiger partial charge in [0.15, 0.2) is 0 Å². The van der Waals surface area contributed by atoms with Gasteiger partial charge in [0.05, 0.1) is 17.7 Å². The molecule has 0 spiro atoms. The third kappa shape index (κ3) is 3.57. The first-order valence-corrected chi connectivity index (χ1v) is 7.84. The molecule has 0 bridgehead atoms. The highest BCUT2D eigenvalue weighted by Gasteiger charge is 2.23. The number of nitro groups is 1. The number of hydrogen-bond donors (Lipinski definition) is 1. The number of rotatable bonds is 5. The molecule has 0 saturated carbocycles. The van der Waals surface area contributed by atoms with Crippen molar-refractivity contribution in [3.05, 3.63) is 57.9 Å². The molecule has 1 N–H and O–H groups in total. The van der Waals surface area contributed by atoms with Gasteiger partial charge in [0.2, 0.25) is 0 Å². The monoisotopic (exact) mass is 340 g/mol. The summed E-state index contributed by atoms with van der Waals surface area (Å²) in [5.74, 6) is -0.633. The van der Waals surface area contributed by atoms with Crippen molar-refractivity contribution < 1.29 is 22.5 Å². The highest BCUT2D eigenvalue weighted by Crippen LogP contribution is 2.29.